The Morgan fingerprint density at radius 3 is 1.68 bits per heavy atom. The molecule has 2 amide bonds. The van der Waals surface area contributed by atoms with Crippen LogP contribution in [0.1, 0.15) is 18.9 Å². The number of ether oxygens (including phenoxy) is 3. The summed E-state index contributed by atoms with van der Waals surface area (Å²) in [5.74, 6) is 0.631. The molecule has 2 N–H and O–H groups in total. The molecule has 0 atom stereocenters. The molecular formula is C20H21N3O5. The highest BCUT2D eigenvalue weighted by Crippen LogP contribution is 2.17. The number of nitriles is 1. The van der Waals surface area contributed by atoms with Crippen molar-refractivity contribution in [1.82, 2.24) is 10.9 Å². The maximum atomic E-state index is 11.7. The van der Waals surface area contributed by atoms with Gasteiger partial charge in [0.15, 0.2) is 13.2 Å². The van der Waals surface area contributed by atoms with Crippen molar-refractivity contribution in [3.63, 3.8) is 0 Å². The minimum atomic E-state index is -0.532. The SMILES string of the molecule is CCCOc1ccc(OCC(=O)NNC(=O)COc2ccc(C#N)cc2)cc1. The van der Waals surface area contributed by atoms with Gasteiger partial charge in [-0.05, 0) is 55.0 Å². The third-order valence-electron chi connectivity index (χ3n) is 3.36. The Kier molecular flexibility index (Phi) is 8.15. The van der Waals surface area contributed by atoms with Crippen LogP contribution in [0, 0.1) is 11.3 Å². The zero-order valence-electron chi connectivity index (χ0n) is 15.4. The molecular weight excluding hydrogens is 362 g/mol. The summed E-state index contributed by atoms with van der Waals surface area (Å²) in [5, 5.41) is 8.72. The van der Waals surface area contributed by atoms with Crippen LogP contribution in [0.15, 0.2) is 48.5 Å². The Morgan fingerprint density at radius 2 is 1.25 bits per heavy atom. The van der Waals surface area contributed by atoms with Crippen molar-refractivity contribution in [1.29, 1.82) is 5.26 Å². The van der Waals surface area contributed by atoms with Crippen LogP contribution in [-0.2, 0) is 9.59 Å². The molecule has 0 bridgehead atoms. The molecule has 28 heavy (non-hydrogen) atoms. The Labute approximate surface area is 163 Å². The van der Waals surface area contributed by atoms with Gasteiger partial charge in [-0.1, -0.05) is 6.92 Å². The summed E-state index contributed by atoms with van der Waals surface area (Å²) >= 11 is 0. The van der Waals surface area contributed by atoms with Crippen LogP contribution in [0.4, 0.5) is 0 Å². The predicted octanol–water partition coefficient (Wildman–Crippen LogP) is 1.95. The monoisotopic (exact) mass is 383 g/mol. The lowest BCUT2D eigenvalue weighted by Gasteiger charge is -2.10. The van der Waals surface area contributed by atoms with Crippen LogP contribution < -0.4 is 25.1 Å². The van der Waals surface area contributed by atoms with Gasteiger partial charge in [0, 0.05) is 0 Å². The largest absolute Gasteiger partial charge is 0.494 e. The maximum Gasteiger partial charge on any atom is 0.276 e. The molecule has 0 unspecified atom stereocenters. The first-order valence-electron chi connectivity index (χ1n) is 8.67. The molecule has 0 aliphatic rings. The number of hydrogen-bond donors (Lipinski definition) is 2. The molecule has 2 aromatic rings. The molecule has 0 aliphatic carbocycles. The number of amides is 2. The van der Waals surface area contributed by atoms with Gasteiger partial charge >= 0.3 is 0 Å². The molecule has 0 aromatic heterocycles. The Bertz CT molecular complexity index is 813. The number of hydrazine groups is 1. The molecule has 2 rings (SSSR count). The summed E-state index contributed by atoms with van der Waals surface area (Å²) in [6.07, 6.45) is 0.919. The van der Waals surface area contributed by atoms with Crippen LogP contribution >= 0.6 is 0 Å². The minimum Gasteiger partial charge on any atom is -0.494 e. The second-order valence-corrected chi connectivity index (χ2v) is 5.63. The number of carbonyl (C=O) groups is 2. The van der Waals surface area contributed by atoms with Crippen molar-refractivity contribution in [2.24, 2.45) is 0 Å². The highest BCUT2D eigenvalue weighted by Gasteiger charge is 2.07. The number of hydrogen-bond acceptors (Lipinski definition) is 6. The summed E-state index contributed by atoms with van der Waals surface area (Å²) in [5.41, 5.74) is 4.96. The summed E-state index contributed by atoms with van der Waals surface area (Å²) in [7, 11) is 0. The molecule has 0 heterocycles. The van der Waals surface area contributed by atoms with Crippen molar-refractivity contribution in [3.8, 4) is 23.3 Å². The maximum absolute atomic E-state index is 11.7. The van der Waals surface area contributed by atoms with E-state index in [-0.39, 0.29) is 13.2 Å². The van der Waals surface area contributed by atoms with E-state index in [1.165, 1.54) is 0 Å². The molecule has 8 nitrogen and oxygen atoms in total. The van der Waals surface area contributed by atoms with Crippen LogP contribution in [0.25, 0.3) is 0 Å². The van der Waals surface area contributed by atoms with E-state index in [9.17, 15) is 9.59 Å². The third-order valence-corrected chi connectivity index (χ3v) is 3.36. The third kappa shape index (κ3) is 7.25. The molecule has 0 fully saturated rings. The molecule has 8 heteroatoms. The Balaban J connectivity index is 1.64. The van der Waals surface area contributed by atoms with Crippen molar-refractivity contribution < 1.29 is 23.8 Å². The smallest absolute Gasteiger partial charge is 0.276 e. The highest BCUT2D eigenvalue weighted by molar-refractivity contribution is 5.83. The minimum absolute atomic E-state index is 0.258. The Morgan fingerprint density at radius 1 is 0.821 bits per heavy atom. The fourth-order valence-electron chi connectivity index (χ4n) is 1.99. The molecule has 146 valence electrons. The van der Waals surface area contributed by atoms with Gasteiger partial charge in [0.1, 0.15) is 17.2 Å². The van der Waals surface area contributed by atoms with Crippen molar-refractivity contribution in [2.75, 3.05) is 19.8 Å². The zero-order chi connectivity index (χ0) is 20.2. The van der Waals surface area contributed by atoms with Crippen LogP contribution in [-0.4, -0.2) is 31.6 Å². The number of rotatable bonds is 9. The normalized spacial score (nSPS) is 9.71. The van der Waals surface area contributed by atoms with Gasteiger partial charge in [-0.15, -0.1) is 0 Å². The molecule has 2 aromatic carbocycles. The first-order valence-corrected chi connectivity index (χ1v) is 8.67. The predicted molar refractivity (Wildman–Crippen MR) is 101 cm³/mol. The van der Waals surface area contributed by atoms with E-state index in [2.05, 4.69) is 10.9 Å². The second kappa shape index (κ2) is 11.1. The fourth-order valence-corrected chi connectivity index (χ4v) is 1.99. The van der Waals surface area contributed by atoms with E-state index in [4.69, 9.17) is 19.5 Å². The van der Waals surface area contributed by atoms with Crippen molar-refractivity contribution >= 4 is 11.8 Å². The van der Waals surface area contributed by atoms with Crippen molar-refractivity contribution in [3.05, 3.63) is 54.1 Å². The van der Waals surface area contributed by atoms with Gasteiger partial charge in [-0.2, -0.15) is 5.26 Å². The summed E-state index contributed by atoms with van der Waals surface area (Å²) in [6, 6.07) is 15.2. The lowest BCUT2D eigenvalue weighted by atomic mass is 10.2. The number of nitrogens with one attached hydrogen (secondary N) is 2. The standard InChI is InChI=1S/C20H21N3O5/c1-2-11-26-16-7-9-18(10-8-16)28-14-20(25)23-22-19(24)13-27-17-5-3-15(12-21)4-6-17/h3-10H,2,11,13-14H2,1H3,(H,22,24)(H,23,25). The summed E-state index contributed by atoms with van der Waals surface area (Å²) < 4.78 is 16.0. The average Bonchev–Trinajstić information content (AvgIpc) is 2.74. The Hall–Kier alpha value is -3.73. The first kappa shape index (κ1) is 20.6. The molecule has 0 radical (unpaired) electrons. The highest BCUT2D eigenvalue weighted by atomic mass is 16.5. The number of carbonyl (C=O) groups excluding carboxylic acids is 2. The zero-order valence-corrected chi connectivity index (χ0v) is 15.4. The van der Waals surface area contributed by atoms with Gasteiger partial charge in [-0.25, -0.2) is 0 Å². The average molecular weight is 383 g/mol. The summed E-state index contributed by atoms with van der Waals surface area (Å²) in [6.45, 7) is 2.11. The van der Waals surface area contributed by atoms with E-state index in [0.29, 0.717) is 23.7 Å². The van der Waals surface area contributed by atoms with Gasteiger partial charge in [0.05, 0.1) is 18.2 Å². The van der Waals surface area contributed by atoms with E-state index < -0.39 is 11.8 Å². The van der Waals surface area contributed by atoms with E-state index in [0.717, 1.165) is 12.2 Å². The van der Waals surface area contributed by atoms with Gasteiger partial charge in [-0.3, -0.25) is 20.4 Å². The molecule has 0 saturated carbocycles. The molecule has 0 spiro atoms. The van der Waals surface area contributed by atoms with Crippen LogP contribution in [0.5, 0.6) is 17.2 Å². The number of nitrogens with zero attached hydrogens (tertiary/aromatic N) is 1. The quantitative estimate of drug-likeness (QED) is 0.641. The van der Waals surface area contributed by atoms with Gasteiger partial charge in [0.2, 0.25) is 0 Å². The first-order chi connectivity index (χ1) is 13.6. The van der Waals surface area contributed by atoms with Gasteiger partial charge in [0.25, 0.3) is 11.8 Å². The lowest BCUT2D eigenvalue weighted by molar-refractivity contribution is -0.131. The fraction of sp³-hybridized carbons (Fsp3) is 0.250. The lowest BCUT2D eigenvalue weighted by Crippen LogP contribution is -2.45. The molecule has 0 aliphatic heterocycles. The van der Waals surface area contributed by atoms with E-state index in [1.54, 1.807) is 48.5 Å². The van der Waals surface area contributed by atoms with Crippen molar-refractivity contribution in [2.45, 2.75) is 13.3 Å². The van der Waals surface area contributed by atoms with E-state index in [1.807, 2.05) is 13.0 Å². The van der Waals surface area contributed by atoms with Crippen LogP contribution in [0.2, 0.25) is 0 Å². The topological polar surface area (TPSA) is 110 Å². The second-order valence-electron chi connectivity index (χ2n) is 5.63. The van der Waals surface area contributed by atoms with Crippen LogP contribution in [0.3, 0.4) is 0 Å². The number of benzene rings is 2. The molecule has 0 saturated heterocycles. The summed E-state index contributed by atoms with van der Waals surface area (Å²) in [4.78, 5) is 23.4. The van der Waals surface area contributed by atoms with E-state index >= 15 is 0 Å². The van der Waals surface area contributed by atoms with Gasteiger partial charge < -0.3 is 14.2 Å².